The Morgan fingerprint density at radius 1 is 0.850 bits per heavy atom. The van der Waals surface area contributed by atoms with Crippen LogP contribution in [0.4, 0.5) is 0 Å². The summed E-state index contributed by atoms with van der Waals surface area (Å²) in [7, 11) is 0. The van der Waals surface area contributed by atoms with Crippen LogP contribution in [0.25, 0.3) is 10.8 Å². The molecule has 0 unspecified atom stereocenters. The molecular formula is C18H18O2. The van der Waals surface area contributed by atoms with E-state index in [1.54, 1.807) is 6.07 Å². The summed E-state index contributed by atoms with van der Waals surface area (Å²) in [4.78, 5) is 24.9. The fourth-order valence-electron chi connectivity index (χ4n) is 3.11. The lowest BCUT2D eigenvalue weighted by Crippen LogP contribution is -2.25. The molecule has 2 aromatic carbocycles. The molecule has 2 aromatic rings. The van der Waals surface area contributed by atoms with E-state index < -0.39 is 0 Å². The molecule has 3 rings (SSSR count). The average Bonchev–Trinajstić information content (AvgIpc) is 2.54. The molecule has 0 bridgehead atoms. The molecular weight excluding hydrogens is 248 g/mol. The van der Waals surface area contributed by atoms with Gasteiger partial charge in [0.2, 0.25) is 11.6 Å². The van der Waals surface area contributed by atoms with E-state index in [9.17, 15) is 9.59 Å². The Hall–Kier alpha value is -1.96. The monoisotopic (exact) mass is 266 g/mol. The molecule has 102 valence electrons. The molecule has 0 N–H and O–H groups in total. The summed E-state index contributed by atoms with van der Waals surface area (Å²) < 4.78 is 0. The summed E-state index contributed by atoms with van der Waals surface area (Å²) >= 11 is 0. The minimum Gasteiger partial charge on any atom is -0.290 e. The number of fused-ring (bicyclic) bond motifs is 1. The number of rotatable bonds is 3. The van der Waals surface area contributed by atoms with Gasteiger partial charge in [-0.2, -0.15) is 0 Å². The highest BCUT2D eigenvalue weighted by atomic mass is 16.2. The van der Waals surface area contributed by atoms with E-state index in [0.717, 1.165) is 36.5 Å². The summed E-state index contributed by atoms with van der Waals surface area (Å²) in [6.45, 7) is 0. The minimum atomic E-state index is -0.311. The van der Waals surface area contributed by atoms with Crippen LogP contribution in [0.15, 0.2) is 42.5 Å². The van der Waals surface area contributed by atoms with Crippen LogP contribution in [0.1, 0.15) is 42.5 Å². The maximum absolute atomic E-state index is 12.5. The normalized spacial score (nSPS) is 16.2. The van der Waals surface area contributed by atoms with Crippen molar-refractivity contribution in [3.8, 4) is 0 Å². The first-order valence-corrected chi connectivity index (χ1v) is 7.33. The van der Waals surface area contributed by atoms with E-state index in [1.165, 1.54) is 6.42 Å². The maximum Gasteiger partial charge on any atom is 0.229 e. The number of hydrogen-bond donors (Lipinski definition) is 0. The van der Waals surface area contributed by atoms with E-state index >= 15 is 0 Å². The molecule has 0 heterocycles. The number of hydrogen-bond acceptors (Lipinski definition) is 2. The molecule has 1 aliphatic rings. The third-order valence-corrected chi connectivity index (χ3v) is 4.23. The van der Waals surface area contributed by atoms with Crippen LogP contribution in [-0.4, -0.2) is 11.6 Å². The van der Waals surface area contributed by atoms with Crippen molar-refractivity contribution in [3.05, 3.63) is 48.0 Å². The van der Waals surface area contributed by atoms with Crippen molar-refractivity contribution < 1.29 is 9.59 Å². The Bertz CT molecular complexity index is 646. The topological polar surface area (TPSA) is 34.1 Å². The Balaban J connectivity index is 1.94. The number of benzene rings is 2. The van der Waals surface area contributed by atoms with Crippen molar-refractivity contribution in [1.29, 1.82) is 0 Å². The quantitative estimate of drug-likeness (QED) is 0.617. The summed E-state index contributed by atoms with van der Waals surface area (Å²) in [5.74, 6) is -0.565. The molecule has 0 amide bonds. The van der Waals surface area contributed by atoms with E-state index in [-0.39, 0.29) is 17.5 Å². The molecule has 0 aromatic heterocycles. The van der Waals surface area contributed by atoms with Crippen molar-refractivity contribution in [1.82, 2.24) is 0 Å². The highest BCUT2D eigenvalue weighted by molar-refractivity contribution is 6.46. The smallest absolute Gasteiger partial charge is 0.229 e. The molecule has 0 spiro atoms. The van der Waals surface area contributed by atoms with Gasteiger partial charge in [0.05, 0.1) is 0 Å². The zero-order chi connectivity index (χ0) is 13.9. The van der Waals surface area contributed by atoms with Gasteiger partial charge < -0.3 is 0 Å². The van der Waals surface area contributed by atoms with Gasteiger partial charge in [-0.15, -0.1) is 0 Å². The van der Waals surface area contributed by atoms with Crippen LogP contribution < -0.4 is 0 Å². The Kier molecular flexibility index (Phi) is 3.64. The molecule has 1 saturated carbocycles. The van der Waals surface area contributed by atoms with Crippen LogP contribution in [-0.2, 0) is 4.79 Å². The van der Waals surface area contributed by atoms with E-state index in [4.69, 9.17) is 0 Å². The van der Waals surface area contributed by atoms with Crippen molar-refractivity contribution in [2.45, 2.75) is 32.1 Å². The summed E-state index contributed by atoms with van der Waals surface area (Å²) in [5.41, 5.74) is 0.554. The summed E-state index contributed by atoms with van der Waals surface area (Å²) in [6, 6.07) is 13.3. The Labute approximate surface area is 118 Å². The SMILES string of the molecule is O=C(C(=O)C1CCCCC1)c1cccc2ccccc12. The number of ketones is 2. The van der Waals surface area contributed by atoms with Crippen LogP contribution in [0.3, 0.4) is 0 Å². The summed E-state index contributed by atoms with van der Waals surface area (Å²) in [6.07, 6.45) is 5.06. The Morgan fingerprint density at radius 2 is 1.55 bits per heavy atom. The zero-order valence-electron chi connectivity index (χ0n) is 11.5. The van der Waals surface area contributed by atoms with Gasteiger partial charge in [-0.05, 0) is 23.6 Å². The first-order valence-electron chi connectivity index (χ1n) is 7.33. The highest BCUT2D eigenvalue weighted by Gasteiger charge is 2.28. The first kappa shape index (κ1) is 13.0. The van der Waals surface area contributed by atoms with Gasteiger partial charge in [0.15, 0.2) is 0 Å². The van der Waals surface area contributed by atoms with Gasteiger partial charge in [-0.1, -0.05) is 61.7 Å². The molecule has 1 aliphatic carbocycles. The van der Waals surface area contributed by atoms with Gasteiger partial charge in [0.1, 0.15) is 0 Å². The molecule has 2 nitrogen and oxygen atoms in total. The highest BCUT2D eigenvalue weighted by Crippen LogP contribution is 2.27. The lowest BCUT2D eigenvalue weighted by molar-refractivity contribution is -0.119. The fourth-order valence-corrected chi connectivity index (χ4v) is 3.11. The fraction of sp³-hybridized carbons (Fsp3) is 0.333. The lowest BCUT2D eigenvalue weighted by atomic mass is 9.83. The molecule has 0 aliphatic heterocycles. The molecule has 1 fully saturated rings. The standard InChI is InChI=1S/C18H18O2/c19-17(14-8-2-1-3-9-14)18(20)16-12-6-10-13-7-4-5-11-15(13)16/h4-7,10-12,14H,1-3,8-9H2. The molecule has 2 heteroatoms. The van der Waals surface area contributed by atoms with Crippen molar-refractivity contribution in [2.24, 2.45) is 5.92 Å². The Morgan fingerprint density at radius 3 is 2.35 bits per heavy atom. The number of Topliss-reactive ketones (excluding diaryl/α,β-unsaturated/α-hetero) is 2. The second-order valence-electron chi connectivity index (χ2n) is 5.56. The predicted octanol–water partition coefficient (Wildman–Crippen LogP) is 4.17. The molecule has 0 radical (unpaired) electrons. The number of carbonyl (C=O) groups excluding carboxylic acids is 2. The second-order valence-corrected chi connectivity index (χ2v) is 5.56. The van der Waals surface area contributed by atoms with E-state index in [1.807, 2.05) is 36.4 Å². The van der Waals surface area contributed by atoms with Gasteiger partial charge in [-0.25, -0.2) is 0 Å². The summed E-state index contributed by atoms with van der Waals surface area (Å²) in [5, 5.41) is 1.89. The van der Waals surface area contributed by atoms with E-state index in [2.05, 4.69) is 0 Å². The predicted molar refractivity (Wildman–Crippen MR) is 79.9 cm³/mol. The second kappa shape index (κ2) is 5.58. The van der Waals surface area contributed by atoms with Crippen LogP contribution in [0.5, 0.6) is 0 Å². The van der Waals surface area contributed by atoms with Gasteiger partial charge in [0.25, 0.3) is 0 Å². The molecule has 20 heavy (non-hydrogen) atoms. The largest absolute Gasteiger partial charge is 0.290 e. The zero-order valence-corrected chi connectivity index (χ0v) is 11.5. The third kappa shape index (κ3) is 2.38. The third-order valence-electron chi connectivity index (χ3n) is 4.23. The van der Waals surface area contributed by atoms with E-state index in [0.29, 0.717) is 5.56 Å². The maximum atomic E-state index is 12.5. The van der Waals surface area contributed by atoms with Crippen LogP contribution >= 0.6 is 0 Å². The van der Waals surface area contributed by atoms with Crippen molar-refractivity contribution in [2.75, 3.05) is 0 Å². The van der Waals surface area contributed by atoms with Gasteiger partial charge in [0, 0.05) is 11.5 Å². The number of carbonyl (C=O) groups is 2. The van der Waals surface area contributed by atoms with Gasteiger partial charge in [-0.3, -0.25) is 9.59 Å². The van der Waals surface area contributed by atoms with Gasteiger partial charge >= 0.3 is 0 Å². The average molecular weight is 266 g/mol. The van der Waals surface area contributed by atoms with Crippen LogP contribution in [0, 0.1) is 5.92 Å². The minimum absolute atomic E-state index is 0.0600. The lowest BCUT2D eigenvalue weighted by Gasteiger charge is -2.19. The molecule has 0 saturated heterocycles. The van der Waals surface area contributed by atoms with Crippen LogP contribution in [0.2, 0.25) is 0 Å². The first-order chi connectivity index (χ1) is 9.77. The molecule has 0 atom stereocenters. The van der Waals surface area contributed by atoms with Crippen molar-refractivity contribution >= 4 is 22.3 Å². The van der Waals surface area contributed by atoms with Crippen molar-refractivity contribution in [3.63, 3.8) is 0 Å².